The van der Waals surface area contributed by atoms with Crippen molar-refractivity contribution in [3.05, 3.63) is 35.4 Å². The molecule has 20 heavy (non-hydrogen) atoms. The fourth-order valence-electron chi connectivity index (χ4n) is 3.07. The zero-order valence-corrected chi connectivity index (χ0v) is 13.4. The average molecular weight is 275 g/mol. The number of hydrogen-bond donors (Lipinski definition) is 1. The summed E-state index contributed by atoms with van der Waals surface area (Å²) in [5.74, 6) is 0.491. The van der Waals surface area contributed by atoms with Crippen LogP contribution in [0, 0.1) is 5.92 Å². The van der Waals surface area contributed by atoms with Gasteiger partial charge in [0.2, 0.25) is 0 Å². The largest absolute Gasteiger partial charge is 0.396 e. The van der Waals surface area contributed by atoms with Gasteiger partial charge in [-0.15, -0.1) is 0 Å². The maximum absolute atomic E-state index is 9.37. The van der Waals surface area contributed by atoms with Crippen LogP contribution in [0.3, 0.4) is 0 Å². The number of likely N-dealkylation sites (tertiary alicyclic amines) is 1. The SMILES string of the molecule is CN1CCC(CO)CC1Cc1ccc(C(C)(C)C)cc1. The van der Waals surface area contributed by atoms with Crippen molar-refractivity contribution in [1.82, 2.24) is 4.90 Å². The molecule has 1 N–H and O–H groups in total. The molecule has 0 bridgehead atoms. The van der Waals surface area contributed by atoms with Gasteiger partial charge in [0.05, 0.1) is 0 Å². The third kappa shape index (κ3) is 3.83. The minimum atomic E-state index is 0.224. The zero-order valence-electron chi connectivity index (χ0n) is 13.4. The van der Waals surface area contributed by atoms with Gasteiger partial charge in [-0.25, -0.2) is 0 Å². The smallest absolute Gasteiger partial charge is 0.0460 e. The van der Waals surface area contributed by atoms with Crippen LogP contribution in [-0.4, -0.2) is 36.2 Å². The summed E-state index contributed by atoms with van der Waals surface area (Å²) in [6, 6.07) is 9.65. The first-order chi connectivity index (χ1) is 9.40. The maximum atomic E-state index is 9.37. The number of likely N-dealkylation sites (N-methyl/N-ethyl adjacent to an activating group) is 1. The quantitative estimate of drug-likeness (QED) is 0.915. The molecular weight excluding hydrogens is 246 g/mol. The van der Waals surface area contributed by atoms with Crippen LogP contribution in [0.4, 0.5) is 0 Å². The third-order valence-corrected chi connectivity index (χ3v) is 4.67. The Balaban J connectivity index is 2.02. The van der Waals surface area contributed by atoms with Crippen LogP contribution in [0.1, 0.15) is 44.7 Å². The van der Waals surface area contributed by atoms with Gasteiger partial charge < -0.3 is 10.0 Å². The lowest BCUT2D eigenvalue weighted by Gasteiger charge is -2.36. The Morgan fingerprint density at radius 2 is 1.85 bits per heavy atom. The van der Waals surface area contributed by atoms with Crippen molar-refractivity contribution < 1.29 is 5.11 Å². The van der Waals surface area contributed by atoms with Gasteiger partial charge in [0, 0.05) is 12.6 Å². The van der Waals surface area contributed by atoms with Crippen molar-refractivity contribution in [2.24, 2.45) is 5.92 Å². The summed E-state index contributed by atoms with van der Waals surface area (Å²) in [5.41, 5.74) is 3.03. The second-order valence-corrected chi connectivity index (χ2v) is 7.36. The molecule has 2 heteroatoms. The monoisotopic (exact) mass is 275 g/mol. The van der Waals surface area contributed by atoms with E-state index in [1.54, 1.807) is 0 Å². The van der Waals surface area contributed by atoms with Gasteiger partial charge in [0.15, 0.2) is 0 Å². The Labute approximate surface area is 123 Å². The molecular formula is C18H29NO. The van der Waals surface area contributed by atoms with E-state index in [-0.39, 0.29) is 5.41 Å². The van der Waals surface area contributed by atoms with E-state index >= 15 is 0 Å². The summed E-state index contributed by atoms with van der Waals surface area (Å²) < 4.78 is 0. The Kier molecular flexibility index (Phi) is 4.87. The van der Waals surface area contributed by atoms with Gasteiger partial charge in [0.1, 0.15) is 0 Å². The summed E-state index contributed by atoms with van der Waals surface area (Å²) >= 11 is 0. The van der Waals surface area contributed by atoms with Crippen molar-refractivity contribution >= 4 is 0 Å². The van der Waals surface area contributed by atoms with Crippen LogP contribution in [0.15, 0.2) is 24.3 Å². The molecule has 112 valence electrons. The molecule has 1 aromatic carbocycles. The fraction of sp³-hybridized carbons (Fsp3) is 0.667. The molecule has 1 aromatic rings. The first-order valence-electron chi connectivity index (χ1n) is 7.80. The maximum Gasteiger partial charge on any atom is 0.0460 e. The zero-order chi connectivity index (χ0) is 14.8. The number of benzene rings is 1. The van der Waals surface area contributed by atoms with Crippen LogP contribution in [0.5, 0.6) is 0 Å². The number of aliphatic hydroxyl groups excluding tert-OH is 1. The Hall–Kier alpha value is -0.860. The predicted octanol–water partition coefficient (Wildman–Crippen LogP) is 3.23. The van der Waals surface area contributed by atoms with Gasteiger partial charge in [-0.2, -0.15) is 0 Å². The summed E-state index contributed by atoms with van der Waals surface area (Å²) in [6.45, 7) is 8.21. The van der Waals surface area contributed by atoms with E-state index in [1.807, 2.05) is 0 Å². The molecule has 1 saturated heterocycles. The molecule has 1 aliphatic rings. The molecule has 2 unspecified atom stereocenters. The van der Waals surface area contributed by atoms with E-state index < -0.39 is 0 Å². The Morgan fingerprint density at radius 1 is 1.20 bits per heavy atom. The van der Waals surface area contributed by atoms with Crippen LogP contribution in [0.2, 0.25) is 0 Å². The second-order valence-electron chi connectivity index (χ2n) is 7.36. The van der Waals surface area contributed by atoms with Crippen molar-refractivity contribution in [1.29, 1.82) is 0 Å². The van der Waals surface area contributed by atoms with Gasteiger partial charge in [0.25, 0.3) is 0 Å². The van der Waals surface area contributed by atoms with E-state index in [4.69, 9.17) is 0 Å². The van der Waals surface area contributed by atoms with Crippen molar-refractivity contribution in [3.8, 4) is 0 Å². The van der Waals surface area contributed by atoms with Crippen LogP contribution in [-0.2, 0) is 11.8 Å². The molecule has 0 aromatic heterocycles. The lowest BCUT2D eigenvalue weighted by Crippen LogP contribution is -2.41. The molecule has 0 amide bonds. The highest BCUT2D eigenvalue weighted by Crippen LogP contribution is 2.26. The van der Waals surface area contributed by atoms with Crippen LogP contribution < -0.4 is 0 Å². The molecule has 0 radical (unpaired) electrons. The summed E-state index contributed by atoms with van der Waals surface area (Å²) in [4.78, 5) is 2.45. The van der Waals surface area contributed by atoms with E-state index in [9.17, 15) is 5.11 Å². The molecule has 0 spiro atoms. The number of piperidine rings is 1. The topological polar surface area (TPSA) is 23.5 Å². The van der Waals surface area contributed by atoms with E-state index in [0.717, 1.165) is 25.8 Å². The fourth-order valence-corrected chi connectivity index (χ4v) is 3.07. The van der Waals surface area contributed by atoms with Gasteiger partial charge in [-0.3, -0.25) is 0 Å². The Bertz CT molecular complexity index is 418. The van der Waals surface area contributed by atoms with E-state index in [1.165, 1.54) is 11.1 Å². The normalized spacial score (nSPS) is 24.9. The highest BCUT2D eigenvalue weighted by molar-refractivity contribution is 5.28. The van der Waals surface area contributed by atoms with E-state index in [2.05, 4.69) is 57.0 Å². The number of aliphatic hydroxyl groups is 1. The Morgan fingerprint density at radius 3 is 2.40 bits per heavy atom. The average Bonchev–Trinajstić information content (AvgIpc) is 2.41. The summed E-state index contributed by atoms with van der Waals surface area (Å²) in [7, 11) is 2.21. The second kappa shape index (κ2) is 6.28. The minimum absolute atomic E-state index is 0.224. The molecule has 2 atom stereocenters. The number of rotatable bonds is 3. The van der Waals surface area contributed by atoms with Crippen molar-refractivity contribution in [2.45, 2.75) is 51.5 Å². The standard InChI is InChI=1S/C18H29NO/c1-18(2,3)16-7-5-14(6-8-16)11-17-12-15(13-20)9-10-19(17)4/h5-8,15,17,20H,9-13H2,1-4H3. The number of hydrogen-bond acceptors (Lipinski definition) is 2. The number of nitrogens with zero attached hydrogens (tertiary/aromatic N) is 1. The first-order valence-corrected chi connectivity index (χ1v) is 7.80. The van der Waals surface area contributed by atoms with E-state index in [0.29, 0.717) is 18.6 Å². The lowest BCUT2D eigenvalue weighted by molar-refractivity contribution is 0.100. The summed E-state index contributed by atoms with van der Waals surface area (Å²) in [6.07, 6.45) is 3.35. The van der Waals surface area contributed by atoms with Crippen molar-refractivity contribution in [3.63, 3.8) is 0 Å². The highest BCUT2D eigenvalue weighted by Gasteiger charge is 2.25. The minimum Gasteiger partial charge on any atom is -0.396 e. The van der Waals surface area contributed by atoms with Gasteiger partial charge >= 0.3 is 0 Å². The molecule has 2 rings (SSSR count). The molecule has 2 nitrogen and oxygen atoms in total. The molecule has 1 heterocycles. The lowest BCUT2D eigenvalue weighted by atomic mass is 9.85. The molecule has 0 saturated carbocycles. The van der Waals surface area contributed by atoms with Crippen LogP contribution in [0.25, 0.3) is 0 Å². The van der Waals surface area contributed by atoms with Crippen LogP contribution >= 0.6 is 0 Å². The van der Waals surface area contributed by atoms with Gasteiger partial charge in [-0.1, -0.05) is 45.0 Å². The molecule has 1 aliphatic heterocycles. The van der Waals surface area contributed by atoms with Crippen molar-refractivity contribution in [2.75, 3.05) is 20.2 Å². The summed E-state index contributed by atoms with van der Waals surface area (Å²) in [5, 5.41) is 9.37. The molecule has 1 fully saturated rings. The highest BCUT2D eigenvalue weighted by atomic mass is 16.3. The predicted molar refractivity (Wildman–Crippen MR) is 85.1 cm³/mol. The third-order valence-electron chi connectivity index (χ3n) is 4.67. The first kappa shape index (κ1) is 15.5. The molecule has 0 aliphatic carbocycles. The van der Waals surface area contributed by atoms with Gasteiger partial charge in [-0.05, 0) is 55.3 Å².